The largest absolute Gasteiger partial charge is 0.478 e. The molecular formula is C35H49N3O3. The highest BCUT2D eigenvalue weighted by Crippen LogP contribution is 2.47. The molecule has 2 aromatic carbocycles. The van der Waals surface area contributed by atoms with Gasteiger partial charge in [0.1, 0.15) is 0 Å². The number of likely N-dealkylation sites (tertiary alicyclic amines) is 1. The fourth-order valence-electron chi connectivity index (χ4n) is 7.66. The highest BCUT2D eigenvalue weighted by molar-refractivity contribution is 5.99. The molecule has 6 heteroatoms. The first-order valence-electron chi connectivity index (χ1n) is 15.6. The summed E-state index contributed by atoms with van der Waals surface area (Å²) < 4.78 is 7.95. The molecule has 0 bridgehead atoms. The Morgan fingerprint density at radius 2 is 1.80 bits per heavy atom. The highest BCUT2D eigenvalue weighted by atomic mass is 16.5. The molecule has 3 heterocycles. The second kappa shape index (κ2) is 13.0. The second-order valence-electron chi connectivity index (χ2n) is 12.2. The maximum Gasteiger partial charge on any atom is 0.335 e. The van der Waals surface area contributed by atoms with Crippen molar-refractivity contribution < 1.29 is 14.6 Å². The number of carbonyl (C=O) groups is 1. The van der Waals surface area contributed by atoms with E-state index in [0.717, 1.165) is 51.3 Å². The third-order valence-electron chi connectivity index (χ3n) is 9.72. The van der Waals surface area contributed by atoms with Gasteiger partial charge in [-0.2, -0.15) is 0 Å². The van der Waals surface area contributed by atoms with Crippen molar-refractivity contribution >= 4 is 22.6 Å². The summed E-state index contributed by atoms with van der Waals surface area (Å²) in [6.07, 6.45) is 9.84. The molecule has 3 aliphatic rings. The number of aromatic carboxylic acids is 1. The molecule has 6 nitrogen and oxygen atoms in total. The van der Waals surface area contributed by atoms with Crippen LogP contribution in [0.3, 0.4) is 0 Å². The van der Waals surface area contributed by atoms with E-state index in [1.165, 1.54) is 84.9 Å². The molecule has 222 valence electrons. The lowest BCUT2D eigenvalue weighted by Crippen LogP contribution is -2.42. The zero-order valence-electron chi connectivity index (χ0n) is 24.3. The Morgan fingerprint density at radius 3 is 2.56 bits per heavy atom. The summed E-state index contributed by atoms with van der Waals surface area (Å²) >= 11 is 0. The van der Waals surface area contributed by atoms with E-state index in [2.05, 4.69) is 45.6 Å². The lowest BCUT2D eigenvalue weighted by Gasteiger charge is -2.34. The van der Waals surface area contributed by atoms with Crippen molar-refractivity contribution in [1.82, 2.24) is 9.47 Å². The Morgan fingerprint density at radius 1 is 0.976 bits per heavy atom. The van der Waals surface area contributed by atoms with Gasteiger partial charge in [0.2, 0.25) is 0 Å². The Kier molecular flexibility index (Phi) is 9.40. The Balaban J connectivity index is 0.00000337. The topological polar surface area (TPSA) is 57.9 Å². The van der Waals surface area contributed by atoms with Crippen LogP contribution in [0.4, 0.5) is 5.69 Å². The quantitative estimate of drug-likeness (QED) is 0.311. The van der Waals surface area contributed by atoms with Crippen LogP contribution in [-0.4, -0.2) is 67.0 Å². The van der Waals surface area contributed by atoms with Crippen LogP contribution in [0.5, 0.6) is 0 Å². The number of rotatable bonds is 8. The van der Waals surface area contributed by atoms with Gasteiger partial charge in [-0.25, -0.2) is 4.79 Å². The van der Waals surface area contributed by atoms with Crippen LogP contribution in [-0.2, 0) is 17.7 Å². The minimum absolute atomic E-state index is 0. The molecule has 6 rings (SSSR count). The van der Waals surface area contributed by atoms with Crippen LogP contribution in [0.1, 0.15) is 86.7 Å². The number of hydrogen-bond donors (Lipinski definition) is 1. The van der Waals surface area contributed by atoms with E-state index in [1.54, 1.807) is 6.07 Å². The number of benzene rings is 2. The van der Waals surface area contributed by atoms with E-state index in [4.69, 9.17) is 4.74 Å². The molecule has 0 amide bonds. The van der Waals surface area contributed by atoms with Gasteiger partial charge in [-0.1, -0.05) is 51.8 Å². The number of methoxy groups -OCH3 is 1. The number of nitrogens with zero attached hydrogens (tertiary/aromatic N) is 3. The van der Waals surface area contributed by atoms with Gasteiger partial charge < -0.3 is 24.2 Å². The highest BCUT2D eigenvalue weighted by Gasteiger charge is 2.31. The number of aromatic nitrogens is 1. The molecule has 1 N–H and O–H groups in total. The molecule has 0 spiro atoms. The molecule has 1 atom stereocenters. The molecule has 2 aliphatic heterocycles. The van der Waals surface area contributed by atoms with Crippen LogP contribution in [0.2, 0.25) is 0 Å². The molecule has 1 saturated carbocycles. The molecule has 0 radical (unpaired) electrons. The van der Waals surface area contributed by atoms with Crippen molar-refractivity contribution in [3.8, 4) is 11.3 Å². The van der Waals surface area contributed by atoms with Gasteiger partial charge in [-0.05, 0) is 79.8 Å². The van der Waals surface area contributed by atoms with Gasteiger partial charge in [-0.3, -0.25) is 0 Å². The standard InChI is InChI=1S/C34H45N3O3.CH4/c1-3-24-11-13-29-30(20-24)36(17-16-35-15-7-8-25(22-35)23-40-2)18-19-37-31-21-27(34(38)39)12-14-28(31)32(33(29)37)26-9-5-4-6-10-26;/h11-14,20-21,25-26H,3-10,15-19,22-23H2,1-2H3,(H,38,39);1H4. The number of ether oxygens (including phenoxy) is 1. The van der Waals surface area contributed by atoms with Gasteiger partial charge >= 0.3 is 5.97 Å². The van der Waals surface area contributed by atoms with E-state index in [0.29, 0.717) is 17.4 Å². The summed E-state index contributed by atoms with van der Waals surface area (Å²) in [5, 5.41) is 11.1. The number of hydrogen-bond acceptors (Lipinski definition) is 4. The zero-order valence-corrected chi connectivity index (χ0v) is 24.3. The SMILES string of the molecule is C.CCc1ccc2c(c1)N(CCN1CCCC(COC)C1)CCn1c-2c(C2CCCCC2)c2ccc(C(=O)O)cc21. The Bertz CT molecular complexity index is 1350. The third kappa shape index (κ3) is 5.91. The minimum atomic E-state index is -0.854. The van der Waals surface area contributed by atoms with E-state index in [1.807, 2.05) is 13.2 Å². The number of fused-ring (bicyclic) bond motifs is 5. The van der Waals surface area contributed by atoms with E-state index < -0.39 is 5.97 Å². The predicted molar refractivity (Wildman–Crippen MR) is 170 cm³/mol. The van der Waals surface area contributed by atoms with Crippen molar-refractivity contribution in [2.45, 2.75) is 78.2 Å². The lowest BCUT2D eigenvalue weighted by molar-refractivity contribution is 0.0697. The average Bonchev–Trinajstić information content (AvgIpc) is 3.22. The average molecular weight is 560 g/mol. The van der Waals surface area contributed by atoms with Gasteiger partial charge in [0.25, 0.3) is 0 Å². The first kappa shape index (κ1) is 29.7. The smallest absolute Gasteiger partial charge is 0.335 e. The first-order valence-corrected chi connectivity index (χ1v) is 15.6. The molecule has 3 aromatic rings. The maximum absolute atomic E-state index is 12.0. The van der Waals surface area contributed by atoms with Crippen LogP contribution < -0.4 is 4.90 Å². The number of carboxylic acid groups (broad SMARTS) is 1. The Hall–Kier alpha value is -2.83. The first-order chi connectivity index (χ1) is 19.6. The van der Waals surface area contributed by atoms with Gasteiger partial charge in [-0.15, -0.1) is 0 Å². The lowest BCUT2D eigenvalue weighted by atomic mass is 9.81. The second-order valence-corrected chi connectivity index (χ2v) is 12.2. The summed E-state index contributed by atoms with van der Waals surface area (Å²) in [6.45, 7) is 9.24. The van der Waals surface area contributed by atoms with Gasteiger partial charge in [0.05, 0.1) is 17.9 Å². The molecular weight excluding hydrogens is 510 g/mol. The fraction of sp³-hybridized carbons (Fsp3) is 0.571. The summed E-state index contributed by atoms with van der Waals surface area (Å²) in [6, 6.07) is 12.9. The van der Waals surface area contributed by atoms with Crippen molar-refractivity contribution in [1.29, 1.82) is 0 Å². The third-order valence-corrected chi connectivity index (χ3v) is 9.72. The zero-order chi connectivity index (χ0) is 27.6. The minimum Gasteiger partial charge on any atom is -0.478 e. The fourth-order valence-corrected chi connectivity index (χ4v) is 7.66. The van der Waals surface area contributed by atoms with Crippen molar-refractivity contribution in [2.24, 2.45) is 5.92 Å². The monoisotopic (exact) mass is 559 g/mol. The van der Waals surface area contributed by atoms with Crippen molar-refractivity contribution in [3.63, 3.8) is 0 Å². The number of carboxylic acids is 1. The van der Waals surface area contributed by atoms with Gasteiger partial charge in [0.15, 0.2) is 0 Å². The van der Waals surface area contributed by atoms with Crippen LogP contribution in [0.15, 0.2) is 36.4 Å². The molecule has 1 unspecified atom stereocenters. The van der Waals surface area contributed by atoms with Crippen LogP contribution in [0.25, 0.3) is 22.2 Å². The van der Waals surface area contributed by atoms with Gasteiger partial charge in [0, 0.05) is 62.0 Å². The number of anilines is 1. The van der Waals surface area contributed by atoms with Crippen LogP contribution in [0, 0.1) is 5.92 Å². The molecule has 2 fully saturated rings. The van der Waals surface area contributed by atoms with E-state index >= 15 is 0 Å². The molecule has 1 aromatic heterocycles. The maximum atomic E-state index is 12.0. The summed E-state index contributed by atoms with van der Waals surface area (Å²) in [7, 11) is 1.82. The number of aryl methyl sites for hydroxylation is 1. The van der Waals surface area contributed by atoms with Crippen LogP contribution >= 0.6 is 0 Å². The number of piperidine rings is 1. The van der Waals surface area contributed by atoms with E-state index in [9.17, 15) is 9.90 Å². The Labute approximate surface area is 246 Å². The molecule has 1 saturated heterocycles. The van der Waals surface area contributed by atoms with E-state index in [-0.39, 0.29) is 7.43 Å². The summed E-state index contributed by atoms with van der Waals surface area (Å²) in [4.78, 5) is 17.2. The molecule has 41 heavy (non-hydrogen) atoms. The van der Waals surface area contributed by atoms with Crippen molar-refractivity contribution in [3.05, 3.63) is 53.1 Å². The van der Waals surface area contributed by atoms with Crippen molar-refractivity contribution in [2.75, 3.05) is 51.3 Å². The molecule has 1 aliphatic carbocycles. The normalized spacial score (nSPS) is 19.9. The summed E-state index contributed by atoms with van der Waals surface area (Å²) in [5.74, 6) is 0.309. The predicted octanol–water partition coefficient (Wildman–Crippen LogP) is 7.43. The summed E-state index contributed by atoms with van der Waals surface area (Å²) in [5.41, 5.74) is 8.29.